The van der Waals surface area contributed by atoms with Crippen molar-refractivity contribution in [2.45, 2.75) is 91.0 Å². The van der Waals surface area contributed by atoms with Crippen LogP contribution < -0.4 is 5.32 Å². The van der Waals surface area contributed by atoms with Crippen LogP contribution in [0.3, 0.4) is 0 Å². The molecule has 1 atom stereocenters. The lowest BCUT2D eigenvalue weighted by Gasteiger charge is -2.33. The molecule has 0 fully saturated rings. The van der Waals surface area contributed by atoms with Crippen LogP contribution in [0.4, 0.5) is 5.82 Å². The number of hydrogen-bond donors (Lipinski definition) is 1. The van der Waals surface area contributed by atoms with Gasteiger partial charge in [0.25, 0.3) is 5.91 Å². The van der Waals surface area contributed by atoms with E-state index in [1.165, 1.54) is 38.5 Å². The second-order valence-electron chi connectivity index (χ2n) is 9.52. The largest absolute Gasteiger partial charge is 0.344 e. The quantitative estimate of drug-likeness (QED) is 0.256. The van der Waals surface area contributed by atoms with Crippen LogP contribution in [-0.4, -0.2) is 33.7 Å². The van der Waals surface area contributed by atoms with Gasteiger partial charge in [-0.2, -0.15) is 5.10 Å². The fourth-order valence-corrected chi connectivity index (χ4v) is 5.08. The Hall–Kier alpha value is -1.98. The van der Waals surface area contributed by atoms with E-state index in [2.05, 4.69) is 29.2 Å². The summed E-state index contributed by atoms with van der Waals surface area (Å²) >= 11 is 12.6. The second-order valence-corrected chi connectivity index (χ2v) is 10.3. The van der Waals surface area contributed by atoms with E-state index in [0.29, 0.717) is 10.0 Å². The van der Waals surface area contributed by atoms with Crippen molar-refractivity contribution >= 4 is 34.9 Å². The number of carbonyl (C=O) groups is 1. The van der Waals surface area contributed by atoms with Crippen LogP contribution in [0.1, 0.15) is 96.6 Å². The molecular weight excluding hydrogens is 479 g/mol. The van der Waals surface area contributed by atoms with Crippen molar-refractivity contribution < 1.29 is 4.79 Å². The van der Waals surface area contributed by atoms with Gasteiger partial charge in [0.1, 0.15) is 11.9 Å². The summed E-state index contributed by atoms with van der Waals surface area (Å²) in [5.41, 5.74) is 2.49. The molecule has 0 aliphatic carbocycles. The van der Waals surface area contributed by atoms with E-state index in [1.807, 2.05) is 29.8 Å². The number of aromatic nitrogens is 2. The fourth-order valence-electron chi connectivity index (χ4n) is 4.77. The maximum atomic E-state index is 14.1. The van der Waals surface area contributed by atoms with Crippen LogP contribution in [0.2, 0.25) is 10.0 Å². The molecule has 1 aromatic carbocycles. The summed E-state index contributed by atoms with van der Waals surface area (Å²) in [6, 6.07) is 7.16. The molecule has 0 radical (unpaired) electrons. The molecule has 2 heterocycles. The molecule has 5 nitrogen and oxygen atoms in total. The number of carbonyl (C=O) groups excluding carboxylic acids is 1. The number of unbranched alkanes of at least 4 members (excludes halogenated alkanes) is 8. The molecule has 192 valence electrons. The monoisotopic (exact) mass is 518 g/mol. The van der Waals surface area contributed by atoms with Crippen LogP contribution >= 0.6 is 23.2 Å². The van der Waals surface area contributed by atoms with Gasteiger partial charge in [0.2, 0.25) is 0 Å². The Morgan fingerprint density at radius 3 is 2.17 bits per heavy atom. The van der Waals surface area contributed by atoms with E-state index in [4.69, 9.17) is 23.2 Å². The number of benzene rings is 1. The third-order valence-corrected chi connectivity index (χ3v) is 7.49. The van der Waals surface area contributed by atoms with Gasteiger partial charge in [-0.15, -0.1) is 0 Å². The lowest BCUT2D eigenvalue weighted by Crippen LogP contribution is -2.39. The highest BCUT2D eigenvalue weighted by atomic mass is 35.5. The molecular formula is C28H40Cl2N4O. The molecule has 7 heteroatoms. The van der Waals surface area contributed by atoms with Crippen molar-refractivity contribution in [1.29, 1.82) is 0 Å². The molecule has 1 aromatic heterocycles. The predicted molar refractivity (Wildman–Crippen MR) is 147 cm³/mol. The Morgan fingerprint density at radius 1 is 0.943 bits per heavy atom. The van der Waals surface area contributed by atoms with Gasteiger partial charge < -0.3 is 10.2 Å². The Morgan fingerprint density at radius 2 is 1.57 bits per heavy atom. The van der Waals surface area contributed by atoms with E-state index < -0.39 is 0 Å². The highest BCUT2D eigenvalue weighted by Gasteiger charge is 2.35. The van der Waals surface area contributed by atoms with E-state index in [9.17, 15) is 4.79 Å². The minimum Gasteiger partial charge on any atom is -0.344 e. The van der Waals surface area contributed by atoms with Gasteiger partial charge in [-0.3, -0.25) is 4.79 Å². The lowest BCUT2D eigenvalue weighted by molar-refractivity contribution is -0.127. The average Bonchev–Trinajstić information content (AvgIpc) is 3.31. The maximum absolute atomic E-state index is 14.1. The molecule has 3 rings (SSSR count). The van der Waals surface area contributed by atoms with Gasteiger partial charge in [0.15, 0.2) is 0 Å². The van der Waals surface area contributed by atoms with E-state index in [0.717, 1.165) is 61.4 Å². The summed E-state index contributed by atoms with van der Waals surface area (Å²) in [6.07, 6.45) is 13.5. The second kappa shape index (κ2) is 13.9. The summed E-state index contributed by atoms with van der Waals surface area (Å²) in [4.78, 5) is 16.2. The molecule has 0 spiro atoms. The third-order valence-electron chi connectivity index (χ3n) is 6.75. The van der Waals surface area contributed by atoms with Crippen LogP contribution in [0.25, 0.3) is 0 Å². The number of halogens is 2. The number of anilines is 1. The minimum atomic E-state index is -0.355. The number of allylic oxidation sites excluding steroid dienone is 1. The van der Waals surface area contributed by atoms with Gasteiger partial charge in [0, 0.05) is 24.9 Å². The van der Waals surface area contributed by atoms with Gasteiger partial charge in [-0.1, -0.05) is 94.5 Å². The number of amides is 1. The Balaban J connectivity index is 1.87. The standard InChI is InChI=1S/C28H40Cl2N4O/c1-4-6-8-10-12-18-33(19-13-11-9-7-5-2)28(35)26-21(3)32-25-16-17-31-34(25)27(26)22-14-15-23(29)24(30)20-22/h14-17,20,27,32H,4-13,18-19H2,1-3H3. The average molecular weight is 520 g/mol. The zero-order valence-electron chi connectivity index (χ0n) is 21.5. The predicted octanol–water partition coefficient (Wildman–Crippen LogP) is 8.25. The molecule has 1 amide bonds. The third kappa shape index (κ3) is 7.27. The van der Waals surface area contributed by atoms with E-state index in [-0.39, 0.29) is 11.9 Å². The number of nitrogens with zero attached hydrogens (tertiary/aromatic N) is 3. The topological polar surface area (TPSA) is 50.2 Å². The van der Waals surface area contributed by atoms with E-state index in [1.54, 1.807) is 12.3 Å². The van der Waals surface area contributed by atoms with Crippen molar-refractivity contribution in [3.63, 3.8) is 0 Å². The Bertz CT molecular complexity index is 987. The van der Waals surface area contributed by atoms with Gasteiger partial charge in [-0.05, 0) is 37.5 Å². The minimum absolute atomic E-state index is 0.0817. The summed E-state index contributed by atoms with van der Waals surface area (Å²) in [5.74, 6) is 0.944. The first-order valence-electron chi connectivity index (χ1n) is 13.2. The molecule has 2 aromatic rings. The fraction of sp³-hybridized carbons (Fsp3) is 0.571. The molecule has 1 aliphatic rings. The van der Waals surface area contributed by atoms with Gasteiger partial charge in [0.05, 0.1) is 21.8 Å². The van der Waals surface area contributed by atoms with Crippen molar-refractivity contribution in [3.8, 4) is 0 Å². The maximum Gasteiger partial charge on any atom is 0.254 e. The van der Waals surface area contributed by atoms with Crippen molar-refractivity contribution in [1.82, 2.24) is 14.7 Å². The zero-order valence-corrected chi connectivity index (χ0v) is 23.0. The highest BCUT2D eigenvalue weighted by Crippen LogP contribution is 2.38. The van der Waals surface area contributed by atoms with Crippen molar-refractivity contribution in [2.24, 2.45) is 0 Å². The summed E-state index contributed by atoms with van der Waals surface area (Å²) < 4.78 is 1.88. The molecule has 0 saturated carbocycles. The molecule has 1 unspecified atom stereocenters. The summed E-state index contributed by atoms with van der Waals surface area (Å²) in [5, 5.41) is 8.93. The lowest BCUT2D eigenvalue weighted by atomic mass is 9.94. The van der Waals surface area contributed by atoms with Crippen LogP contribution in [0.5, 0.6) is 0 Å². The van der Waals surface area contributed by atoms with Gasteiger partial charge in [-0.25, -0.2) is 4.68 Å². The number of hydrogen-bond acceptors (Lipinski definition) is 3. The highest BCUT2D eigenvalue weighted by molar-refractivity contribution is 6.42. The van der Waals surface area contributed by atoms with Crippen molar-refractivity contribution in [3.05, 3.63) is 57.3 Å². The van der Waals surface area contributed by atoms with Gasteiger partial charge >= 0.3 is 0 Å². The first kappa shape index (κ1) is 27.6. The van der Waals surface area contributed by atoms with E-state index >= 15 is 0 Å². The molecule has 35 heavy (non-hydrogen) atoms. The Kier molecular flexibility index (Phi) is 11.0. The Labute approximate surface area is 220 Å². The smallest absolute Gasteiger partial charge is 0.254 e. The number of nitrogens with one attached hydrogen (secondary N) is 1. The summed E-state index contributed by atoms with van der Waals surface area (Å²) in [6.45, 7) is 8.00. The zero-order chi connectivity index (χ0) is 25.2. The first-order valence-corrected chi connectivity index (χ1v) is 14.0. The van der Waals surface area contributed by atoms with Crippen LogP contribution in [-0.2, 0) is 4.79 Å². The normalized spacial score (nSPS) is 15.2. The van der Waals surface area contributed by atoms with Crippen molar-refractivity contribution in [2.75, 3.05) is 18.4 Å². The number of rotatable bonds is 14. The number of fused-ring (bicyclic) bond motifs is 1. The molecule has 1 aliphatic heterocycles. The molecule has 0 saturated heterocycles. The SMILES string of the molecule is CCCCCCCN(CCCCCCC)C(=O)C1=C(C)Nc2ccnn2C1c1ccc(Cl)c(Cl)c1. The first-order chi connectivity index (χ1) is 17.0. The molecule has 0 bridgehead atoms. The molecule has 1 N–H and O–H groups in total. The summed E-state index contributed by atoms with van der Waals surface area (Å²) in [7, 11) is 0. The van der Waals surface area contributed by atoms with Crippen LogP contribution in [0, 0.1) is 0 Å². The van der Waals surface area contributed by atoms with Crippen LogP contribution in [0.15, 0.2) is 41.7 Å².